The summed E-state index contributed by atoms with van der Waals surface area (Å²) in [7, 11) is 1.86. The van der Waals surface area contributed by atoms with E-state index in [1.807, 2.05) is 20.9 Å². The van der Waals surface area contributed by atoms with Gasteiger partial charge in [-0.25, -0.2) is 0 Å². The Morgan fingerprint density at radius 1 is 1.56 bits per heavy atom. The molecule has 1 N–H and O–H groups in total. The zero-order valence-corrected chi connectivity index (χ0v) is 11.3. The molecule has 0 aliphatic heterocycles. The molecule has 0 aromatic rings. The molecule has 3 nitrogen and oxygen atoms in total. The first-order valence-corrected chi connectivity index (χ1v) is 6.37. The molecular formula is C13H26N2O. The highest BCUT2D eigenvalue weighted by atomic mass is 16.2. The molecule has 0 aromatic heterocycles. The number of carbonyl (C=O) groups excluding carboxylic acids is 1. The van der Waals surface area contributed by atoms with Gasteiger partial charge in [-0.2, -0.15) is 0 Å². The number of hydrogen-bond acceptors (Lipinski definition) is 2. The maximum atomic E-state index is 11.9. The minimum absolute atomic E-state index is 0.0520. The lowest BCUT2D eigenvalue weighted by Crippen LogP contribution is -2.46. The first-order valence-electron chi connectivity index (χ1n) is 6.37. The topological polar surface area (TPSA) is 32.3 Å². The number of nitrogens with one attached hydrogen (secondary N) is 1. The molecule has 0 spiro atoms. The smallest absolute Gasteiger partial charge is 0.239 e. The van der Waals surface area contributed by atoms with Crippen molar-refractivity contribution in [2.45, 2.75) is 59.0 Å². The van der Waals surface area contributed by atoms with Crippen molar-refractivity contribution in [2.75, 3.05) is 13.6 Å². The van der Waals surface area contributed by atoms with Crippen LogP contribution in [0.1, 0.15) is 47.0 Å². The average Bonchev–Trinajstić information content (AvgIpc) is 2.55. The van der Waals surface area contributed by atoms with E-state index in [2.05, 4.69) is 19.2 Å². The van der Waals surface area contributed by atoms with Crippen LogP contribution in [0.25, 0.3) is 0 Å². The summed E-state index contributed by atoms with van der Waals surface area (Å²) < 4.78 is 0. The Bertz CT molecular complexity index is 250. The van der Waals surface area contributed by atoms with Gasteiger partial charge in [-0.15, -0.1) is 0 Å². The molecule has 1 aliphatic carbocycles. The highest BCUT2D eigenvalue weighted by Crippen LogP contribution is 2.37. The number of hydrogen-bond donors (Lipinski definition) is 1. The van der Waals surface area contributed by atoms with E-state index < -0.39 is 0 Å². The largest absolute Gasteiger partial charge is 0.345 e. The van der Waals surface area contributed by atoms with E-state index in [0.29, 0.717) is 11.5 Å². The standard InChI is InChI=1S/C13H26N2O/c1-6-15(5)12(16)10(2)14-11-7-8-13(3,4)9-11/h10-11,14H,6-9H2,1-5H3. The van der Waals surface area contributed by atoms with Crippen LogP contribution in [-0.2, 0) is 4.79 Å². The summed E-state index contributed by atoms with van der Waals surface area (Å²) >= 11 is 0. The van der Waals surface area contributed by atoms with Crippen LogP contribution in [-0.4, -0.2) is 36.5 Å². The summed E-state index contributed by atoms with van der Waals surface area (Å²) in [6.45, 7) is 9.36. The molecule has 1 fully saturated rings. The number of likely N-dealkylation sites (N-methyl/N-ethyl adjacent to an activating group) is 1. The normalized spacial score (nSPS) is 25.4. The fourth-order valence-corrected chi connectivity index (χ4v) is 2.49. The Balaban J connectivity index is 2.41. The minimum Gasteiger partial charge on any atom is -0.345 e. The quantitative estimate of drug-likeness (QED) is 0.795. The Morgan fingerprint density at radius 2 is 2.19 bits per heavy atom. The average molecular weight is 226 g/mol. The molecule has 94 valence electrons. The zero-order chi connectivity index (χ0) is 12.3. The lowest BCUT2D eigenvalue weighted by Gasteiger charge is -2.24. The first-order chi connectivity index (χ1) is 7.35. The van der Waals surface area contributed by atoms with Gasteiger partial charge in [-0.3, -0.25) is 4.79 Å². The second-order valence-corrected chi connectivity index (χ2v) is 5.84. The fraction of sp³-hybridized carbons (Fsp3) is 0.923. The van der Waals surface area contributed by atoms with E-state index in [1.54, 1.807) is 4.90 Å². The first kappa shape index (κ1) is 13.5. The monoisotopic (exact) mass is 226 g/mol. The Kier molecular flexibility index (Phi) is 4.36. The number of rotatable bonds is 4. The van der Waals surface area contributed by atoms with Gasteiger partial charge in [0.1, 0.15) is 0 Å². The third kappa shape index (κ3) is 3.48. The molecule has 0 aromatic carbocycles. The fourth-order valence-electron chi connectivity index (χ4n) is 2.49. The highest BCUT2D eigenvalue weighted by Gasteiger charge is 2.32. The van der Waals surface area contributed by atoms with Crippen molar-refractivity contribution in [2.24, 2.45) is 5.41 Å². The zero-order valence-electron chi connectivity index (χ0n) is 11.3. The van der Waals surface area contributed by atoms with Gasteiger partial charge in [0.25, 0.3) is 0 Å². The van der Waals surface area contributed by atoms with Gasteiger partial charge in [0.2, 0.25) is 5.91 Å². The minimum atomic E-state index is -0.0520. The summed E-state index contributed by atoms with van der Waals surface area (Å²) in [6.07, 6.45) is 3.64. The van der Waals surface area contributed by atoms with Crippen LogP contribution < -0.4 is 5.32 Å². The molecule has 0 saturated heterocycles. The molecule has 0 radical (unpaired) electrons. The van der Waals surface area contributed by atoms with E-state index >= 15 is 0 Å². The second-order valence-electron chi connectivity index (χ2n) is 5.84. The molecular weight excluding hydrogens is 200 g/mol. The van der Waals surface area contributed by atoms with E-state index in [1.165, 1.54) is 19.3 Å². The molecule has 2 unspecified atom stereocenters. The van der Waals surface area contributed by atoms with Crippen molar-refractivity contribution in [1.29, 1.82) is 0 Å². The van der Waals surface area contributed by atoms with Crippen molar-refractivity contribution in [3.63, 3.8) is 0 Å². The maximum Gasteiger partial charge on any atom is 0.239 e. The molecule has 1 aliphatic rings. The molecule has 3 heteroatoms. The van der Waals surface area contributed by atoms with Gasteiger partial charge in [-0.05, 0) is 38.5 Å². The summed E-state index contributed by atoms with van der Waals surface area (Å²) in [4.78, 5) is 13.7. The molecule has 0 heterocycles. The van der Waals surface area contributed by atoms with Crippen LogP contribution in [0, 0.1) is 5.41 Å². The van der Waals surface area contributed by atoms with Gasteiger partial charge in [0, 0.05) is 19.6 Å². The van der Waals surface area contributed by atoms with Crippen LogP contribution in [0.15, 0.2) is 0 Å². The third-order valence-corrected chi connectivity index (χ3v) is 3.68. The summed E-state index contributed by atoms with van der Waals surface area (Å²) in [6, 6.07) is 0.461. The van der Waals surface area contributed by atoms with Crippen molar-refractivity contribution < 1.29 is 4.79 Å². The maximum absolute atomic E-state index is 11.9. The lowest BCUT2D eigenvalue weighted by atomic mass is 9.92. The highest BCUT2D eigenvalue weighted by molar-refractivity contribution is 5.81. The van der Waals surface area contributed by atoms with E-state index in [0.717, 1.165) is 6.54 Å². The SMILES string of the molecule is CCN(C)C(=O)C(C)NC1CCC(C)(C)C1. The van der Waals surface area contributed by atoms with Crippen LogP contribution in [0.3, 0.4) is 0 Å². The Labute approximate surface area is 99.6 Å². The van der Waals surface area contributed by atoms with Gasteiger partial charge >= 0.3 is 0 Å². The third-order valence-electron chi connectivity index (χ3n) is 3.68. The number of carbonyl (C=O) groups is 1. The molecule has 0 bridgehead atoms. The molecule has 2 atom stereocenters. The molecule has 1 saturated carbocycles. The van der Waals surface area contributed by atoms with E-state index in [-0.39, 0.29) is 11.9 Å². The van der Waals surface area contributed by atoms with Crippen molar-refractivity contribution in [3.05, 3.63) is 0 Å². The molecule has 16 heavy (non-hydrogen) atoms. The molecule has 1 rings (SSSR count). The second kappa shape index (κ2) is 5.17. The molecule has 1 amide bonds. The van der Waals surface area contributed by atoms with E-state index in [9.17, 15) is 4.79 Å². The van der Waals surface area contributed by atoms with Crippen molar-refractivity contribution in [3.8, 4) is 0 Å². The Hall–Kier alpha value is -0.570. The van der Waals surface area contributed by atoms with Crippen LogP contribution in [0.5, 0.6) is 0 Å². The summed E-state index contributed by atoms with van der Waals surface area (Å²) in [5, 5.41) is 3.46. The Morgan fingerprint density at radius 3 is 2.62 bits per heavy atom. The number of amides is 1. The van der Waals surface area contributed by atoms with E-state index in [4.69, 9.17) is 0 Å². The predicted molar refractivity (Wildman–Crippen MR) is 67.3 cm³/mol. The lowest BCUT2D eigenvalue weighted by molar-refractivity contribution is -0.131. The predicted octanol–water partition coefficient (Wildman–Crippen LogP) is 2.02. The summed E-state index contributed by atoms with van der Waals surface area (Å²) in [5.74, 6) is 0.201. The van der Waals surface area contributed by atoms with Gasteiger partial charge < -0.3 is 10.2 Å². The van der Waals surface area contributed by atoms with Gasteiger partial charge in [0.15, 0.2) is 0 Å². The van der Waals surface area contributed by atoms with Crippen LogP contribution in [0.4, 0.5) is 0 Å². The van der Waals surface area contributed by atoms with Gasteiger partial charge in [-0.1, -0.05) is 13.8 Å². The summed E-state index contributed by atoms with van der Waals surface area (Å²) in [5.41, 5.74) is 0.442. The van der Waals surface area contributed by atoms with Crippen LogP contribution >= 0.6 is 0 Å². The van der Waals surface area contributed by atoms with Crippen LogP contribution in [0.2, 0.25) is 0 Å². The van der Waals surface area contributed by atoms with Crippen molar-refractivity contribution in [1.82, 2.24) is 10.2 Å². The van der Waals surface area contributed by atoms with Gasteiger partial charge in [0.05, 0.1) is 6.04 Å². The van der Waals surface area contributed by atoms with Crippen molar-refractivity contribution >= 4 is 5.91 Å². The number of nitrogens with zero attached hydrogens (tertiary/aromatic N) is 1.